The van der Waals surface area contributed by atoms with Crippen molar-refractivity contribution in [3.8, 4) is 0 Å². The number of allylic oxidation sites excluding steroid dienone is 4. The minimum atomic E-state index is 0.288. The molecule has 0 bridgehead atoms. The molecule has 0 heterocycles. The van der Waals surface area contributed by atoms with Crippen LogP contribution in [0, 0.1) is 0 Å². The Bertz CT molecular complexity index is 251. The molecule has 3 N–H and O–H groups in total. The third-order valence-corrected chi connectivity index (χ3v) is 1.41. The van der Waals surface area contributed by atoms with Crippen molar-refractivity contribution in [3.05, 3.63) is 36.1 Å². The van der Waals surface area contributed by atoms with Gasteiger partial charge in [0.15, 0.2) is 5.11 Å². The molecule has 0 saturated heterocycles. The summed E-state index contributed by atoms with van der Waals surface area (Å²) in [5.74, 6) is 0. The third-order valence-electron chi connectivity index (χ3n) is 1.30. The molecular weight excluding hydrogens is 156 g/mol. The number of rotatable bonds is 1. The molecule has 11 heavy (non-hydrogen) atoms. The summed E-state index contributed by atoms with van der Waals surface area (Å²) in [5.41, 5.74) is 7.26. The molecule has 0 radical (unpaired) electrons. The van der Waals surface area contributed by atoms with E-state index in [1.54, 1.807) is 0 Å². The lowest BCUT2D eigenvalue weighted by molar-refractivity contribution is 1.12. The molecule has 1 aliphatic carbocycles. The van der Waals surface area contributed by atoms with Crippen LogP contribution in [0.15, 0.2) is 36.1 Å². The fourth-order valence-corrected chi connectivity index (χ4v) is 1.00. The van der Waals surface area contributed by atoms with Gasteiger partial charge in [-0.25, -0.2) is 0 Å². The van der Waals surface area contributed by atoms with Crippen LogP contribution >= 0.6 is 12.2 Å². The highest BCUT2D eigenvalue weighted by atomic mass is 32.1. The molecule has 1 aliphatic rings. The van der Waals surface area contributed by atoms with E-state index in [1.807, 2.05) is 18.2 Å². The standard InChI is InChI=1S/C8H10N2S/c1-6-3-2-4-7(5-6)10-8(9)11/h2,4-5H,1,3H2,(H3,9,10,11). The Kier molecular flexibility index (Phi) is 2.44. The molecule has 0 unspecified atom stereocenters. The van der Waals surface area contributed by atoms with Crippen molar-refractivity contribution in [2.75, 3.05) is 0 Å². The van der Waals surface area contributed by atoms with E-state index >= 15 is 0 Å². The molecule has 0 amide bonds. The highest BCUT2D eigenvalue weighted by Crippen LogP contribution is 2.11. The van der Waals surface area contributed by atoms with Gasteiger partial charge in [0.1, 0.15) is 0 Å². The van der Waals surface area contributed by atoms with E-state index in [2.05, 4.69) is 24.1 Å². The Morgan fingerprint density at radius 1 is 1.73 bits per heavy atom. The van der Waals surface area contributed by atoms with Gasteiger partial charge in [-0.3, -0.25) is 0 Å². The zero-order valence-electron chi connectivity index (χ0n) is 6.13. The van der Waals surface area contributed by atoms with Gasteiger partial charge in [0.25, 0.3) is 0 Å². The van der Waals surface area contributed by atoms with Crippen LogP contribution in [0.5, 0.6) is 0 Å². The normalized spacial score (nSPS) is 16.0. The van der Waals surface area contributed by atoms with E-state index in [0.29, 0.717) is 0 Å². The van der Waals surface area contributed by atoms with Gasteiger partial charge in [-0.1, -0.05) is 12.7 Å². The number of nitrogens with one attached hydrogen (secondary N) is 1. The van der Waals surface area contributed by atoms with Crippen molar-refractivity contribution in [3.63, 3.8) is 0 Å². The van der Waals surface area contributed by atoms with Crippen LogP contribution in [0.1, 0.15) is 6.42 Å². The maximum Gasteiger partial charge on any atom is 0.168 e. The quantitative estimate of drug-likeness (QED) is 0.575. The van der Waals surface area contributed by atoms with E-state index in [9.17, 15) is 0 Å². The SMILES string of the molecule is C=C1C=C(NC(N)=S)C=CC1. The molecule has 0 atom stereocenters. The molecule has 0 saturated carbocycles. The van der Waals surface area contributed by atoms with Crippen molar-refractivity contribution in [2.45, 2.75) is 6.42 Å². The van der Waals surface area contributed by atoms with E-state index in [0.717, 1.165) is 17.7 Å². The fraction of sp³-hybridized carbons (Fsp3) is 0.125. The van der Waals surface area contributed by atoms with Crippen molar-refractivity contribution in [2.24, 2.45) is 5.73 Å². The molecule has 1 rings (SSSR count). The summed E-state index contributed by atoms with van der Waals surface area (Å²) in [5, 5.41) is 3.12. The highest BCUT2D eigenvalue weighted by Gasteiger charge is 1.98. The molecule has 0 spiro atoms. The molecule has 2 nitrogen and oxygen atoms in total. The van der Waals surface area contributed by atoms with Gasteiger partial charge in [0.2, 0.25) is 0 Å². The summed E-state index contributed by atoms with van der Waals surface area (Å²) in [6.45, 7) is 3.82. The number of nitrogens with two attached hydrogens (primary N) is 1. The topological polar surface area (TPSA) is 38.0 Å². The molecule has 0 aliphatic heterocycles. The van der Waals surface area contributed by atoms with Gasteiger partial charge < -0.3 is 11.1 Å². The monoisotopic (exact) mass is 166 g/mol. The lowest BCUT2D eigenvalue weighted by atomic mass is 10.1. The fourth-order valence-electron chi connectivity index (χ4n) is 0.884. The lowest BCUT2D eigenvalue weighted by Crippen LogP contribution is -2.28. The second-order valence-corrected chi connectivity index (χ2v) is 2.79. The Morgan fingerprint density at radius 3 is 3.00 bits per heavy atom. The lowest BCUT2D eigenvalue weighted by Gasteiger charge is -2.09. The van der Waals surface area contributed by atoms with E-state index in [1.165, 1.54) is 0 Å². The summed E-state index contributed by atoms with van der Waals surface area (Å²) in [4.78, 5) is 0. The summed E-state index contributed by atoms with van der Waals surface area (Å²) in [6, 6.07) is 0. The predicted molar refractivity (Wildman–Crippen MR) is 50.9 cm³/mol. The summed E-state index contributed by atoms with van der Waals surface area (Å²) >= 11 is 4.68. The van der Waals surface area contributed by atoms with Gasteiger partial charge in [-0.05, 0) is 36.4 Å². The maximum absolute atomic E-state index is 5.28. The Hall–Kier alpha value is -1.09. The second-order valence-electron chi connectivity index (χ2n) is 2.35. The molecular formula is C8H10N2S. The van der Waals surface area contributed by atoms with Gasteiger partial charge in [-0.15, -0.1) is 0 Å². The molecule has 0 aromatic heterocycles. The molecule has 3 heteroatoms. The summed E-state index contributed by atoms with van der Waals surface area (Å²) in [7, 11) is 0. The van der Waals surface area contributed by atoms with Gasteiger partial charge in [0.05, 0.1) is 0 Å². The Morgan fingerprint density at radius 2 is 2.45 bits per heavy atom. The Labute approximate surface area is 71.5 Å². The minimum Gasteiger partial charge on any atom is -0.376 e. The van der Waals surface area contributed by atoms with Crippen molar-refractivity contribution in [1.82, 2.24) is 5.32 Å². The van der Waals surface area contributed by atoms with Crippen molar-refractivity contribution >= 4 is 17.3 Å². The molecule has 0 aromatic rings. The van der Waals surface area contributed by atoms with Crippen LogP contribution in [0.25, 0.3) is 0 Å². The van der Waals surface area contributed by atoms with Gasteiger partial charge in [-0.2, -0.15) is 0 Å². The largest absolute Gasteiger partial charge is 0.376 e. The van der Waals surface area contributed by atoms with Gasteiger partial charge >= 0.3 is 0 Å². The van der Waals surface area contributed by atoms with Crippen LogP contribution in [-0.2, 0) is 0 Å². The smallest absolute Gasteiger partial charge is 0.168 e. The number of hydrogen-bond donors (Lipinski definition) is 2. The van der Waals surface area contributed by atoms with Crippen LogP contribution in [0.3, 0.4) is 0 Å². The third kappa shape index (κ3) is 2.55. The average Bonchev–Trinajstić information content (AvgIpc) is 1.85. The maximum atomic E-state index is 5.28. The van der Waals surface area contributed by atoms with Crippen LogP contribution < -0.4 is 11.1 Å². The summed E-state index contributed by atoms with van der Waals surface area (Å²) < 4.78 is 0. The second kappa shape index (κ2) is 3.34. The first-order valence-corrected chi connectivity index (χ1v) is 3.72. The van der Waals surface area contributed by atoms with E-state index in [-0.39, 0.29) is 5.11 Å². The van der Waals surface area contributed by atoms with Crippen LogP contribution in [-0.4, -0.2) is 5.11 Å². The minimum absolute atomic E-state index is 0.288. The van der Waals surface area contributed by atoms with Gasteiger partial charge in [0, 0.05) is 5.70 Å². The van der Waals surface area contributed by atoms with E-state index < -0.39 is 0 Å². The first-order chi connectivity index (χ1) is 5.18. The van der Waals surface area contributed by atoms with E-state index in [4.69, 9.17) is 5.73 Å². The van der Waals surface area contributed by atoms with Crippen molar-refractivity contribution in [1.29, 1.82) is 0 Å². The zero-order valence-corrected chi connectivity index (χ0v) is 6.95. The molecule has 0 fully saturated rings. The molecule has 0 aromatic carbocycles. The summed E-state index contributed by atoms with van der Waals surface area (Å²) in [6.07, 6.45) is 6.79. The average molecular weight is 166 g/mol. The Balaban J connectivity index is 2.64. The first-order valence-electron chi connectivity index (χ1n) is 3.31. The van der Waals surface area contributed by atoms with Crippen molar-refractivity contribution < 1.29 is 0 Å². The molecule has 58 valence electrons. The van der Waals surface area contributed by atoms with Crippen LogP contribution in [0.2, 0.25) is 0 Å². The predicted octanol–water partition coefficient (Wildman–Crippen LogP) is 1.22. The number of thiocarbonyl (C=S) groups is 1. The van der Waals surface area contributed by atoms with Crippen LogP contribution in [0.4, 0.5) is 0 Å². The highest BCUT2D eigenvalue weighted by molar-refractivity contribution is 7.80. The number of hydrogen-bond acceptors (Lipinski definition) is 1. The first kappa shape index (κ1) is 8.01. The zero-order chi connectivity index (χ0) is 8.27.